The number of ether oxygens (including phenoxy) is 2. The first-order chi connectivity index (χ1) is 34.5. The third-order valence-electron chi connectivity index (χ3n) is 11.3. The molecule has 0 unspecified atom stereocenters. The molecule has 0 spiro atoms. The van der Waals surface area contributed by atoms with Crippen molar-refractivity contribution in [2.75, 3.05) is 0 Å². The Kier molecular flexibility index (Phi) is 18.9. The lowest BCUT2D eigenvalue weighted by molar-refractivity contribution is -0.118. The molecular formula is C59H56N4O8. The summed E-state index contributed by atoms with van der Waals surface area (Å²) in [6, 6.07) is 38.9. The predicted octanol–water partition coefficient (Wildman–Crippen LogP) is 9.86. The smallest absolute Gasteiger partial charge is 0.338 e. The van der Waals surface area contributed by atoms with Gasteiger partial charge < -0.3 is 30.7 Å². The van der Waals surface area contributed by atoms with E-state index in [1.165, 1.54) is 0 Å². The quantitative estimate of drug-likeness (QED) is 0.0314. The number of fused-ring (bicyclic) bond motifs is 1. The van der Waals surface area contributed by atoms with E-state index >= 15 is 0 Å². The van der Waals surface area contributed by atoms with E-state index in [2.05, 4.69) is 27.8 Å². The van der Waals surface area contributed by atoms with Crippen molar-refractivity contribution in [3.05, 3.63) is 249 Å². The minimum Gasteiger partial charge on any atom is -0.457 e. The molecule has 0 aliphatic rings. The highest BCUT2D eigenvalue weighted by molar-refractivity contribution is 6.00. The number of nitrogens with one attached hydrogen (secondary N) is 4. The van der Waals surface area contributed by atoms with Crippen molar-refractivity contribution in [3.63, 3.8) is 0 Å². The Bertz CT molecular complexity index is 3070. The summed E-state index contributed by atoms with van der Waals surface area (Å²) in [7, 11) is 0. The highest BCUT2D eigenvalue weighted by Crippen LogP contribution is 2.22. The van der Waals surface area contributed by atoms with Gasteiger partial charge in [-0.1, -0.05) is 140 Å². The minimum atomic E-state index is -0.589. The Morgan fingerprint density at radius 2 is 0.887 bits per heavy atom. The van der Waals surface area contributed by atoms with Gasteiger partial charge in [-0.3, -0.25) is 19.2 Å². The lowest BCUT2D eigenvalue weighted by Gasteiger charge is -2.12. The van der Waals surface area contributed by atoms with E-state index in [0.29, 0.717) is 57.3 Å². The fourth-order valence-electron chi connectivity index (χ4n) is 7.47. The SMILES string of the molecule is C=C/C=C\C(=C/C)C(=O)NCc1cccc(CNC(=O)c2ccccc2COC(=O)c2ccc3cc(C(=O)OCc4ccccc4C(=O)NCc4cccc(CNC(=O)C(/C=C\C)=C/C)c4)ccc3c2)c1. The van der Waals surface area contributed by atoms with E-state index in [0.717, 1.165) is 22.3 Å². The molecule has 0 aromatic heterocycles. The summed E-state index contributed by atoms with van der Waals surface area (Å²) in [4.78, 5) is 78.4. The highest BCUT2D eigenvalue weighted by Gasteiger charge is 2.17. The number of carbonyl (C=O) groups is 6. The molecule has 0 fully saturated rings. The molecule has 0 heterocycles. The zero-order chi connectivity index (χ0) is 50.5. The normalized spacial score (nSPS) is 11.5. The third-order valence-corrected chi connectivity index (χ3v) is 11.3. The molecule has 360 valence electrons. The van der Waals surface area contributed by atoms with Gasteiger partial charge in [0.15, 0.2) is 0 Å². The average Bonchev–Trinajstić information content (AvgIpc) is 3.40. The van der Waals surface area contributed by atoms with Crippen molar-refractivity contribution in [2.24, 2.45) is 0 Å². The molecule has 4 amide bonds. The fraction of sp³-hybridized carbons (Fsp3) is 0.153. The highest BCUT2D eigenvalue weighted by atomic mass is 16.5. The van der Waals surface area contributed by atoms with Crippen LogP contribution in [0.1, 0.15) is 95.6 Å². The number of hydrogen-bond donors (Lipinski definition) is 4. The largest absolute Gasteiger partial charge is 0.457 e. The molecule has 6 aromatic carbocycles. The molecule has 0 aliphatic carbocycles. The monoisotopic (exact) mass is 948 g/mol. The van der Waals surface area contributed by atoms with Gasteiger partial charge in [0.2, 0.25) is 0 Å². The predicted molar refractivity (Wildman–Crippen MR) is 276 cm³/mol. The molecule has 12 nitrogen and oxygen atoms in total. The third kappa shape index (κ3) is 14.8. The van der Waals surface area contributed by atoms with Crippen LogP contribution in [0.25, 0.3) is 10.8 Å². The molecule has 0 saturated heterocycles. The van der Waals surface area contributed by atoms with E-state index in [9.17, 15) is 28.8 Å². The van der Waals surface area contributed by atoms with E-state index in [1.54, 1.807) is 128 Å². The number of esters is 2. The van der Waals surface area contributed by atoms with Gasteiger partial charge in [0, 0.05) is 59.6 Å². The van der Waals surface area contributed by atoms with E-state index < -0.39 is 11.9 Å². The lowest BCUT2D eigenvalue weighted by atomic mass is 10.0. The molecule has 0 aliphatic heterocycles. The Labute approximate surface area is 413 Å². The van der Waals surface area contributed by atoms with Crippen molar-refractivity contribution >= 4 is 46.3 Å². The van der Waals surface area contributed by atoms with Gasteiger partial charge in [-0.25, -0.2) is 9.59 Å². The van der Waals surface area contributed by atoms with Gasteiger partial charge in [0.05, 0.1) is 11.1 Å². The van der Waals surface area contributed by atoms with Crippen LogP contribution in [0.15, 0.2) is 194 Å². The Balaban J connectivity index is 0.990. The second-order valence-corrected chi connectivity index (χ2v) is 16.2. The molecule has 71 heavy (non-hydrogen) atoms. The van der Waals surface area contributed by atoms with Crippen molar-refractivity contribution < 1.29 is 38.2 Å². The molecule has 0 atom stereocenters. The van der Waals surface area contributed by atoms with Crippen molar-refractivity contribution in [1.82, 2.24) is 21.3 Å². The molecule has 0 radical (unpaired) electrons. The van der Waals surface area contributed by atoms with Gasteiger partial charge >= 0.3 is 11.9 Å². The van der Waals surface area contributed by atoms with E-state index in [1.807, 2.05) is 68.5 Å². The molecule has 12 heteroatoms. The maximum absolute atomic E-state index is 13.4. The summed E-state index contributed by atoms with van der Waals surface area (Å²) in [5.74, 6) is -2.23. The van der Waals surface area contributed by atoms with Crippen LogP contribution in [0.5, 0.6) is 0 Å². The van der Waals surface area contributed by atoms with Gasteiger partial charge in [0.1, 0.15) is 13.2 Å². The Hall–Kier alpha value is -8.90. The minimum absolute atomic E-state index is 0.142. The van der Waals surface area contributed by atoms with Crippen LogP contribution in [0, 0.1) is 0 Å². The van der Waals surface area contributed by atoms with Crippen LogP contribution in [-0.4, -0.2) is 35.6 Å². The van der Waals surface area contributed by atoms with Crippen LogP contribution in [0.3, 0.4) is 0 Å². The van der Waals surface area contributed by atoms with Gasteiger partial charge in [-0.15, -0.1) is 0 Å². The van der Waals surface area contributed by atoms with Crippen LogP contribution in [0.4, 0.5) is 0 Å². The number of carbonyl (C=O) groups excluding carboxylic acids is 6. The second kappa shape index (κ2) is 26.0. The average molecular weight is 949 g/mol. The number of allylic oxidation sites excluding steroid dienone is 5. The van der Waals surface area contributed by atoms with Crippen LogP contribution >= 0.6 is 0 Å². The topological polar surface area (TPSA) is 169 Å². The van der Waals surface area contributed by atoms with Gasteiger partial charge in [0.25, 0.3) is 23.6 Å². The number of rotatable bonds is 21. The fourth-order valence-corrected chi connectivity index (χ4v) is 7.47. The summed E-state index contributed by atoms with van der Waals surface area (Å²) in [6.07, 6.45) is 12.0. The van der Waals surface area contributed by atoms with Crippen LogP contribution in [0.2, 0.25) is 0 Å². The molecule has 0 bridgehead atoms. The summed E-state index contributed by atoms with van der Waals surface area (Å²) >= 11 is 0. The first-order valence-electron chi connectivity index (χ1n) is 23.1. The van der Waals surface area contributed by atoms with E-state index in [-0.39, 0.29) is 61.1 Å². The molecule has 6 aromatic rings. The molecule has 6 rings (SSSR count). The first kappa shape index (κ1) is 51.5. The number of amides is 4. The summed E-state index contributed by atoms with van der Waals surface area (Å²) in [5, 5.41) is 13.1. The zero-order valence-electron chi connectivity index (χ0n) is 40.0. The zero-order valence-corrected chi connectivity index (χ0v) is 40.0. The van der Waals surface area contributed by atoms with Gasteiger partial charge in [-0.2, -0.15) is 0 Å². The lowest BCUT2D eigenvalue weighted by Crippen LogP contribution is -2.25. The van der Waals surface area contributed by atoms with E-state index in [4.69, 9.17) is 9.47 Å². The first-order valence-corrected chi connectivity index (χ1v) is 23.1. The summed E-state index contributed by atoms with van der Waals surface area (Å²) in [6.45, 7) is 9.92. The molecular weight excluding hydrogens is 893 g/mol. The van der Waals surface area contributed by atoms with Crippen molar-refractivity contribution in [1.29, 1.82) is 0 Å². The van der Waals surface area contributed by atoms with Gasteiger partial charge in [-0.05, 0) is 96.3 Å². The second-order valence-electron chi connectivity index (χ2n) is 16.2. The summed E-state index contributed by atoms with van der Waals surface area (Å²) < 4.78 is 11.4. The Morgan fingerprint density at radius 3 is 1.30 bits per heavy atom. The van der Waals surface area contributed by atoms with Crippen molar-refractivity contribution in [3.8, 4) is 0 Å². The Morgan fingerprint density at radius 1 is 0.479 bits per heavy atom. The molecule has 0 saturated carbocycles. The maximum Gasteiger partial charge on any atom is 0.338 e. The number of hydrogen-bond acceptors (Lipinski definition) is 8. The molecule has 4 N–H and O–H groups in total. The van der Waals surface area contributed by atoms with Crippen LogP contribution < -0.4 is 21.3 Å². The standard InChI is InChI=1S/C59H56N4O8/c1-5-9-21-45(8-4)55(65)61-35-41-18-15-20-43(31-41)37-63-57(67)53-25-13-11-23-51(53)39-71-59(69)49-29-27-46-32-48(28-26-47(46)33-49)58(68)70-38-50-22-10-12-24-52(50)56(66)62-36-42-19-14-17-40(30-42)34-60-54(64)44(7-3)16-6-2/h5-33H,1,34-39H2,2-4H3,(H,60,64)(H,61,65)(H,62,66)(H,63,67)/b16-6-,21-9-,44-7+,45-8+. The van der Waals surface area contributed by atoms with Crippen LogP contribution in [-0.2, 0) is 58.5 Å². The summed E-state index contributed by atoms with van der Waals surface area (Å²) in [5.41, 5.74) is 6.91. The van der Waals surface area contributed by atoms with Crippen molar-refractivity contribution in [2.45, 2.75) is 60.2 Å². The number of benzene rings is 6. The maximum atomic E-state index is 13.4.